The van der Waals surface area contributed by atoms with Crippen molar-refractivity contribution in [1.82, 2.24) is 0 Å². The smallest absolute Gasteiger partial charge is 0.143 e. The van der Waals surface area contributed by atoms with Crippen LogP contribution in [-0.2, 0) is 0 Å². The molecule has 1 radical (unpaired) electrons. The molecule has 53 valence electrons. The molecular weight excluding hydrogens is 174 g/mol. The van der Waals surface area contributed by atoms with Gasteiger partial charge in [-0.3, -0.25) is 0 Å². The van der Waals surface area contributed by atoms with Gasteiger partial charge in [0.05, 0.1) is 10.0 Å². The molecule has 0 saturated carbocycles. The average Bonchev–Trinajstić information content (AvgIpc) is 1.82. The van der Waals surface area contributed by atoms with Crippen LogP contribution < -0.4 is 0 Å². The van der Waals surface area contributed by atoms with Crippen LogP contribution >= 0.6 is 23.2 Å². The van der Waals surface area contributed by atoms with E-state index < -0.39 is 5.82 Å². The molecule has 0 spiro atoms. The Kier molecular flexibility index (Phi) is 2.17. The predicted octanol–water partition coefficient (Wildman–Crippen LogP) is 3.31. The highest BCUT2D eigenvalue weighted by atomic mass is 35.5. The second-order valence-electron chi connectivity index (χ2n) is 1.87. The molecule has 0 saturated heterocycles. The van der Waals surface area contributed by atoms with Crippen molar-refractivity contribution in [3.05, 3.63) is 40.5 Å². The molecule has 0 aliphatic heterocycles. The van der Waals surface area contributed by atoms with Crippen LogP contribution in [0.25, 0.3) is 0 Å². The molecule has 10 heavy (non-hydrogen) atoms. The van der Waals surface area contributed by atoms with E-state index in [1.807, 2.05) is 0 Å². The van der Waals surface area contributed by atoms with E-state index in [0.717, 1.165) is 0 Å². The van der Waals surface area contributed by atoms with E-state index in [0.29, 0.717) is 5.56 Å². The van der Waals surface area contributed by atoms with Crippen molar-refractivity contribution in [2.75, 3.05) is 0 Å². The summed E-state index contributed by atoms with van der Waals surface area (Å²) in [5, 5.41) is 0.153. The molecule has 0 N–H and O–H groups in total. The molecule has 0 unspecified atom stereocenters. The summed E-state index contributed by atoms with van der Waals surface area (Å²) in [7, 11) is 0. The normalized spacial score (nSPS) is 10.0. The maximum atomic E-state index is 12.6. The lowest BCUT2D eigenvalue weighted by Gasteiger charge is -1.97. The van der Waals surface area contributed by atoms with Gasteiger partial charge in [0.15, 0.2) is 0 Å². The number of hydrogen-bond acceptors (Lipinski definition) is 0. The Morgan fingerprint density at radius 2 is 1.90 bits per heavy atom. The van der Waals surface area contributed by atoms with Gasteiger partial charge in [-0.1, -0.05) is 23.2 Å². The minimum Gasteiger partial charge on any atom is -0.205 e. The zero-order chi connectivity index (χ0) is 7.72. The van der Waals surface area contributed by atoms with Crippen molar-refractivity contribution >= 4 is 23.2 Å². The lowest BCUT2D eigenvalue weighted by molar-refractivity contribution is 0.628. The molecule has 0 heterocycles. The van der Waals surface area contributed by atoms with Crippen molar-refractivity contribution in [1.29, 1.82) is 0 Å². The van der Waals surface area contributed by atoms with Crippen molar-refractivity contribution in [3.8, 4) is 0 Å². The first-order valence-corrected chi connectivity index (χ1v) is 3.33. The summed E-state index contributed by atoms with van der Waals surface area (Å²) in [6.45, 7) is 3.50. The molecule has 1 aromatic carbocycles. The molecule has 0 aliphatic rings. The molecule has 1 rings (SSSR count). The fourth-order valence-corrected chi connectivity index (χ4v) is 0.948. The molecule has 0 amide bonds. The number of benzene rings is 1. The van der Waals surface area contributed by atoms with E-state index in [9.17, 15) is 4.39 Å². The molecule has 0 aromatic heterocycles. The second-order valence-corrected chi connectivity index (χ2v) is 2.66. The van der Waals surface area contributed by atoms with Gasteiger partial charge in [0.25, 0.3) is 0 Å². The largest absolute Gasteiger partial charge is 0.205 e. The molecule has 0 nitrogen and oxygen atoms in total. The molecule has 0 bridgehead atoms. The Balaban J connectivity index is 3.31. The highest BCUT2D eigenvalue weighted by molar-refractivity contribution is 6.42. The van der Waals surface area contributed by atoms with Crippen LogP contribution in [0.15, 0.2) is 12.1 Å². The number of rotatable bonds is 0. The van der Waals surface area contributed by atoms with E-state index >= 15 is 0 Å². The van der Waals surface area contributed by atoms with Gasteiger partial charge in [0, 0.05) is 0 Å². The first kappa shape index (κ1) is 7.83. The van der Waals surface area contributed by atoms with Crippen molar-refractivity contribution < 1.29 is 4.39 Å². The molecule has 0 atom stereocenters. The Hall–Kier alpha value is -0.270. The summed E-state index contributed by atoms with van der Waals surface area (Å²) in [6.07, 6.45) is 0. The van der Waals surface area contributed by atoms with Gasteiger partial charge in [-0.05, 0) is 24.6 Å². The quantitative estimate of drug-likeness (QED) is 0.534. The van der Waals surface area contributed by atoms with Gasteiger partial charge in [0.1, 0.15) is 5.82 Å². The van der Waals surface area contributed by atoms with Crippen LogP contribution in [0.1, 0.15) is 5.56 Å². The highest BCUT2D eigenvalue weighted by Gasteiger charge is 2.03. The Labute approximate surface area is 68.6 Å². The van der Waals surface area contributed by atoms with Crippen LogP contribution in [0.5, 0.6) is 0 Å². The highest BCUT2D eigenvalue weighted by Crippen LogP contribution is 2.25. The van der Waals surface area contributed by atoms with Crippen LogP contribution in [0, 0.1) is 12.7 Å². The zero-order valence-electron chi connectivity index (χ0n) is 5.00. The van der Waals surface area contributed by atoms with Crippen LogP contribution in [0.2, 0.25) is 10.0 Å². The fraction of sp³-hybridized carbons (Fsp3) is 0. The molecule has 0 fully saturated rings. The third-order valence-electron chi connectivity index (χ3n) is 1.04. The van der Waals surface area contributed by atoms with Gasteiger partial charge in [-0.15, -0.1) is 0 Å². The Morgan fingerprint density at radius 3 is 2.40 bits per heavy atom. The standard InChI is InChI=1S/C7H4Cl2F/c1-4-2-5(8)7(9)6(10)3-4/h2-3H,1H2. The van der Waals surface area contributed by atoms with Crippen LogP contribution in [0.3, 0.4) is 0 Å². The second kappa shape index (κ2) is 2.77. The zero-order valence-corrected chi connectivity index (χ0v) is 6.51. The first-order chi connectivity index (χ1) is 4.61. The summed E-state index contributed by atoms with van der Waals surface area (Å²) < 4.78 is 12.6. The fourth-order valence-electron chi connectivity index (χ4n) is 0.608. The van der Waals surface area contributed by atoms with Gasteiger partial charge >= 0.3 is 0 Å². The molecule has 1 aromatic rings. The van der Waals surface area contributed by atoms with E-state index in [4.69, 9.17) is 23.2 Å². The molecular formula is C7H4Cl2F. The first-order valence-electron chi connectivity index (χ1n) is 2.58. The number of hydrogen-bond donors (Lipinski definition) is 0. The van der Waals surface area contributed by atoms with E-state index in [-0.39, 0.29) is 10.0 Å². The maximum Gasteiger partial charge on any atom is 0.143 e. The summed E-state index contributed by atoms with van der Waals surface area (Å²) in [6, 6.07) is 2.74. The van der Waals surface area contributed by atoms with Crippen LogP contribution in [-0.4, -0.2) is 0 Å². The molecule has 0 aliphatic carbocycles. The lowest BCUT2D eigenvalue weighted by atomic mass is 10.2. The van der Waals surface area contributed by atoms with Crippen LogP contribution in [0.4, 0.5) is 4.39 Å². The van der Waals surface area contributed by atoms with Gasteiger partial charge in [-0.25, -0.2) is 4.39 Å². The van der Waals surface area contributed by atoms with Gasteiger partial charge < -0.3 is 0 Å². The minimum absolute atomic E-state index is 0.0472. The van der Waals surface area contributed by atoms with E-state index in [1.54, 1.807) is 0 Å². The maximum absolute atomic E-state index is 12.6. The van der Waals surface area contributed by atoms with Crippen molar-refractivity contribution in [3.63, 3.8) is 0 Å². The Bertz CT molecular complexity index is 235. The average molecular weight is 178 g/mol. The van der Waals surface area contributed by atoms with Crippen molar-refractivity contribution in [2.45, 2.75) is 0 Å². The summed E-state index contributed by atoms with van der Waals surface area (Å²) in [5.41, 5.74) is 0.520. The summed E-state index contributed by atoms with van der Waals surface area (Å²) >= 11 is 10.9. The SMILES string of the molecule is [CH2]c1cc(F)c(Cl)c(Cl)c1. The topological polar surface area (TPSA) is 0 Å². The minimum atomic E-state index is -0.529. The number of halogens is 3. The summed E-state index contributed by atoms with van der Waals surface area (Å²) in [5.74, 6) is -0.529. The van der Waals surface area contributed by atoms with Crippen molar-refractivity contribution in [2.24, 2.45) is 0 Å². The molecule has 3 heteroatoms. The van der Waals surface area contributed by atoms with E-state index in [1.165, 1.54) is 12.1 Å². The third kappa shape index (κ3) is 1.41. The third-order valence-corrected chi connectivity index (χ3v) is 1.82. The van der Waals surface area contributed by atoms with E-state index in [2.05, 4.69) is 6.92 Å². The predicted molar refractivity (Wildman–Crippen MR) is 40.9 cm³/mol. The van der Waals surface area contributed by atoms with Gasteiger partial charge in [0.2, 0.25) is 0 Å². The monoisotopic (exact) mass is 177 g/mol. The lowest BCUT2D eigenvalue weighted by Crippen LogP contribution is -1.80. The Morgan fingerprint density at radius 1 is 1.30 bits per heavy atom. The summed E-state index contributed by atoms with van der Waals surface area (Å²) in [4.78, 5) is 0. The van der Waals surface area contributed by atoms with Gasteiger partial charge in [-0.2, -0.15) is 0 Å².